The summed E-state index contributed by atoms with van der Waals surface area (Å²) in [5, 5.41) is 0. The average Bonchev–Trinajstić information content (AvgIpc) is 2.90. The van der Waals surface area contributed by atoms with E-state index in [1.807, 2.05) is 0 Å². The Kier molecular flexibility index (Phi) is 5.95. The van der Waals surface area contributed by atoms with Gasteiger partial charge in [-0.05, 0) is 58.2 Å². The van der Waals surface area contributed by atoms with E-state index in [4.69, 9.17) is 0 Å². The summed E-state index contributed by atoms with van der Waals surface area (Å²) in [5.41, 5.74) is 9.67. The minimum atomic E-state index is 0.167. The van der Waals surface area contributed by atoms with Crippen LogP contribution in [0.5, 0.6) is 0 Å². The molecule has 0 bridgehead atoms. The van der Waals surface area contributed by atoms with Gasteiger partial charge < -0.3 is 0 Å². The van der Waals surface area contributed by atoms with Crippen LogP contribution in [0.2, 0.25) is 0 Å². The fourth-order valence-electron chi connectivity index (χ4n) is 5.43. The molecule has 4 aromatic rings. The van der Waals surface area contributed by atoms with E-state index in [2.05, 4.69) is 110 Å². The van der Waals surface area contributed by atoms with Gasteiger partial charge in [0.15, 0.2) is 0 Å². The lowest BCUT2D eigenvalue weighted by atomic mass is 9.65. The topological polar surface area (TPSA) is 0 Å². The maximum atomic E-state index is 2.39. The standard InChI is InChI=1S/C32H32/c1-2-25-11-19-30(20-12-25)32(23-7-4-8-24-32)31-21-17-29(18-22-31)28-15-13-27(14-16-28)26-9-5-3-6-10-26/h3,5-6,9-22H,2,4,7-8,23-24H2,1H3. The molecular formula is C32H32. The van der Waals surface area contributed by atoms with Gasteiger partial charge in [-0.2, -0.15) is 0 Å². The molecule has 0 heteroatoms. The number of hydrogen-bond acceptors (Lipinski definition) is 0. The maximum absolute atomic E-state index is 2.39. The van der Waals surface area contributed by atoms with Gasteiger partial charge in [0.1, 0.15) is 0 Å². The molecule has 5 rings (SSSR count). The first-order valence-electron chi connectivity index (χ1n) is 12.1. The van der Waals surface area contributed by atoms with Gasteiger partial charge in [-0.15, -0.1) is 0 Å². The molecule has 1 aliphatic rings. The normalized spacial score (nSPS) is 15.4. The predicted octanol–water partition coefficient (Wildman–Crippen LogP) is 8.83. The zero-order chi connectivity index (χ0) is 21.8. The molecule has 0 spiro atoms. The monoisotopic (exact) mass is 416 g/mol. The third-order valence-corrected chi connectivity index (χ3v) is 7.38. The van der Waals surface area contributed by atoms with Crippen molar-refractivity contribution >= 4 is 0 Å². The second kappa shape index (κ2) is 9.17. The van der Waals surface area contributed by atoms with Gasteiger partial charge in [0.2, 0.25) is 0 Å². The summed E-state index contributed by atoms with van der Waals surface area (Å²) in [5.74, 6) is 0. The summed E-state index contributed by atoms with van der Waals surface area (Å²) in [6.07, 6.45) is 7.61. The van der Waals surface area contributed by atoms with Crippen LogP contribution in [0.4, 0.5) is 0 Å². The smallest absolute Gasteiger partial charge is 0.0202 e. The highest BCUT2D eigenvalue weighted by Crippen LogP contribution is 2.45. The summed E-state index contributed by atoms with van der Waals surface area (Å²) in [6, 6.07) is 38.4. The molecule has 0 heterocycles. The molecule has 0 aliphatic heterocycles. The van der Waals surface area contributed by atoms with E-state index in [1.54, 1.807) is 0 Å². The van der Waals surface area contributed by atoms with Crippen LogP contribution >= 0.6 is 0 Å². The number of hydrogen-bond donors (Lipinski definition) is 0. The van der Waals surface area contributed by atoms with Gasteiger partial charge in [-0.1, -0.05) is 129 Å². The summed E-state index contributed by atoms with van der Waals surface area (Å²) >= 11 is 0. The molecule has 0 aromatic heterocycles. The van der Waals surface area contributed by atoms with Crippen molar-refractivity contribution < 1.29 is 0 Å². The van der Waals surface area contributed by atoms with Crippen molar-refractivity contribution in [2.24, 2.45) is 0 Å². The highest BCUT2D eigenvalue weighted by atomic mass is 14.4. The molecule has 0 amide bonds. The molecule has 4 aromatic carbocycles. The lowest BCUT2D eigenvalue weighted by Gasteiger charge is -2.39. The van der Waals surface area contributed by atoms with E-state index < -0.39 is 0 Å². The predicted molar refractivity (Wildman–Crippen MR) is 137 cm³/mol. The van der Waals surface area contributed by atoms with Crippen LogP contribution in [0, 0.1) is 0 Å². The Labute approximate surface area is 193 Å². The zero-order valence-corrected chi connectivity index (χ0v) is 19.1. The van der Waals surface area contributed by atoms with E-state index >= 15 is 0 Å². The van der Waals surface area contributed by atoms with Crippen LogP contribution in [0.25, 0.3) is 22.3 Å². The lowest BCUT2D eigenvalue weighted by molar-refractivity contribution is 0.346. The van der Waals surface area contributed by atoms with Gasteiger partial charge in [0.25, 0.3) is 0 Å². The number of benzene rings is 4. The van der Waals surface area contributed by atoms with Gasteiger partial charge in [-0.25, -0.2) is 0 Å². The first-order chi connectivity index (χ1) is 15.8. The average molecular weight is 417 g/mol. The van der Waals surface area contributed by atoms with Crippen molar-refractivity contribution in [2.75, 3.05) is 0 Å². The van der Waals surface area contributed by atoms with Crippen LogP contribution < -0.4 is 0 Å². The Morgan fingerprint density at radius 3 is 1.44 bits per heavy atom. The third kappa shape index (κ3) is 4.02. The first-order valence-corrected chi connectivity index (χ1v) is 12.1. The first kappa shape index (κ1) is 20.8. The summed E-state index contributed by atoms with van der Waals surface area (Å²) < 4.78 is 0. The highest BCUT2D eigenvalue weighted by Gasteiger charge is 2.35. The van der Waals surface area contributed by atoms with Crippen LogP contribution in [0.1, 0.15) is 55.7 Å². The highest BCUT2D eigenvalue weighted by molar-refractivity contribution is 5.70. The molecule has 1 aliphatic carbocycles. The van der Waals surface area contributed by atoms with Crippen molar-refractivity contribution in [2.45, 2.75) is 50.9 Å². The Morgan fingerprint density at radius 2 is 0.938 bits per heavy atom. The molecule has 0 N–H and O–H groups in total. The maximum Gasteiger partial charge on any atom is 0.0202 e. The van der Waals surface area contributed by atoms with Crippen molar-refractivity contribution in [3.63, 3.8) is 0 Å². The van der Waals surface area contributed by atoms with Gasteiger partial charge in [-0.3, -0.25) is 0 Å². The Bertz CT molecular complexity index is 1130. The lowest BCUT2D eigenvalue weighted by Crippen LogP contribution is -2.30. The van der Waals surface area contributed by atoms with Gasteiger partial charge >= 0.3 is 0 Å². The fourth-order valence-corrected chi connectivity index (χ4v) is 5.43. The van der Waals surface area contributed by atoms with Crippen molar-refractivity contribution in [3.8, 4) is 22.3 Å². The Hall–Kier alpha value is -3.12. The molecule has 0 atom stereocenters. The molecule has 1 fully saturated rings. The summed E-state index contributed by atoms with van der Waals surface area (Å²) in [7, 11) is 0. The second-order valence-electron chi connectivity index (χ2n) is 9.21. The van der Waals surface area contributed by atoms with Gasteiger partial charge in [0, 0.05) is 5.41 Å². The van der Waals surface area contributed by atoms with E-state index in [0.717, 1.165) is 6.42 Å². The minimum absolute atomic E-state index is 0.167. The minimum Gasteiger partial charge on any atom is -0.0622 e. The number of rotatable bonds is 5. The number of aryl methyl sites for hydroxylation is 1. The van der Waals surface area contributed by atoms with Gasteiger partial charge in [0.05, 0.1) is 0 Å². The zero-order valence-electron chi connectivity index (χ0n) is 19.1. The Morgan fingerprint density at radius 1 is 0.500 bits per heavy atom. The SMILES string of the molecule is CCc1ccc(C2(c3ccc(-c4ccc(-c5ccccc5)cc4)cc3)CCCCC2)cc1. The van der Waals surface area contributed by atoms with Crippen LogP contribution in [0.3, 0.4) is 0 Å². The molecular weight excluding hydrogens is 384 g/mol. The summed E-state index contributed by atoms with van der Waals surface area (Å²) in [6.45, 7) is 2.23. The van der Waals surface area contributed by atoms with Crippen LogP contribution in [-0.4, -0.2) is 0 Å². The van der Waals surface area contributed by atoms with Crippen molar-refractivity contribution in [3.05, 3.63) is 120 Å². The molecule has 0 nitrogen and oxygen atoms in total. The summed E-state index contributed by atoms with van der Waals surface area (Å²) in [4.78, 5) is 0. The Balaban J connectivity index is 1.44. The third-order valence-electron chi connectivity index (χ3n) is 7.38. The van der Waals surface area contributed by atoms with E-state index in [1.165, 1.54) is 71.0 Å². The van der Waals surface area contributed by atoms with E-state index in [0.29, 0.717) is 0 Å². The van der Waals surface area contributed by atoms with Crippen molar-refractivity contribution in [1.29, 1.82) is 0 Å². The van der Waals surface area contributed by atoms with Crippen molar-refractivity contribution in [1.82, 2.24) is 0 Å². The quantitative estimate of drug-likeness (QED) is 0.305. The largest absolute Gasteiger partial charge is 0.0622 e. The second-order valence-corrected chi connectivity index (χ2v) is 9.21. The molecule has 0 radical (unpaired) electrons. The van der Waals surface area contributed by atoms with E-state index in [9.17, 15) is 0 Å². The molecule has 1 saturated carbocycles. The van der Waals surface area contributed by atoms with E-state index in [-0.39, 0.29) is 5.41 Å². The van der Waals surface area contributed by atoms with Crippen LogP contribution in [0.15, 0.2) is 103 Å². The fraction of sp³-hybridized carbons (Fsp3) is 0.250. The molecule has 0 saturated heterocycles. The molecule has 32 heavy (non-hydrogen) atoms. The molecule has 0 unspecified atom stereocenters. The molecule has 160 valence electrons. The van der Waals surface area contributed by atoms with Crippen LogP contribution in [-0.2, 0) is 11.8 Å².